The lowest BCUT2D eigenvalue weighted by Crippen LogP contribution is -2.28. The van der Waals surface area contributed by atoms with E-state index in [9.17, 15) is 4.79 Å². The molecular formula is C12H21N3OS. The minimum absolute atomic E-state index is 0.0782. The molecule has 1 amide bonds. The Balaban J connectivity index is 2.27. The Bertz CT molecular complexity index is 325. The first-order valence-electron chi connectivity index (χ1n) is 5.96. The van der Waals surface area contributed by atoms with Gasteiger partial charge in [-0.05, 0) is 24.8 Å². The van der Waals surface area contributed by atoms with Gasteiger partial charge in [0.25, 0.3) is 0 Å². The number of nitrogens with one attached hydrogen (secondary N) is 1. The highest BCUT2D eigenvalue weighted by atomic mass is 32.1. The summed E-state index contributed by atoms with van der Waals surface area (Å²) >= 11 is 1.55. The molecule has 0 bridgehead atoms. The molecule has 0 fully saturated rings. The highest BCUT2D eigenvalue weighted by molar-refractivity contribution is 7.09. The van der Waals surface area contributed by atoms with Crippen molar-refractivity contribution >= 4 is 17.2 Å². The van der Waals surface area contributed by atoms with Crippen LogP contribution in [0.15, 0.2) is 11.7 Å². The van der Waals surface area contributed by atoms with Crippen LogP contribution in [0.1, 0.15) is 31.6 Å². The number of thiazole rings is 1. The van der Waals surface area contributed by atoms with E-state index in [0.717, 1.165) is 11.3 Å². The third-order valence-corrected chi connectivity index (χ3v) is 3.34. The lowest BCUT2D eigenvalue weighted by Gasteiger charge is -2.16. The molecule has 0 spiro atoms. The van der Waals surface area contributed by atoms with Gasteiger partial charge in [-0.3, -0.25) is 9.78 Å². The van der Waals surface area contributed by atoms with E-state index in [2.05, 4.69) is 24.1 Å². The normalized spacial score (nSPS) is 12.7. The van der Waals surface area contributed by atoms with Crippen molar-refractivity contribution in [3.63, 3.8) is 0 Å². The predicted octanol–water partition coefficient (Wildman–Crippen LogP) is 1.77. The maximum atomic E-state index is 11.7. The van der Waals surface area contributed by atoms with Crippen molar-refractivity contribution in [1.29, 1.82) is 0 Å². The van der Waals surface area contributed by atoms with Crippen LogP contribution < -0.4 is 11.1 Å². The van der Waals surface area contributed by atoms with Gasteiger partial charge >= 0.3 is 0 Å². The average Bonchev–Trinajstić information content (AvgIpc) is 2.77. The van der Waals surface area contributed by atoms with Gasteiger partial charge < -0.3 is 11.1 Å². The smallest absolute Gasteiger partial charge is 0.220 e. The van der Waals surface area contributed by atoms with Gasteiger partial charge in [0, 0.05) is 17.5 Å². The number of nitrogens with two attached hydrogens (primary N) is 1. The number of carbonyl (C=O) groups excluding carboxylic acids is 1. The summed E-state index contributed by atoms with van der Waals surface area (Å²) in [6, 6.07) is 0. The topological polar surface area (TPSA) is 68.0 Å². The van der Waals surface area contributed by atoms with Crippen molar-refractivity contribution in [3.05, 3.63) is 16.6 Å². The Hall–Kier alpha value is -0.940. The summed E-state index contributed by atoms with van der Waals surface area (Å²) in [6.45, 7) is 5.45. The summed E-state index contributed by atoms with van der Waals surface area (Å²) in [7, 11) is 0. The second-order valence-corrected chi connectivity index (χ2v) is 5.65. The zero-order valence-corrected chi connectivity index (χ0v) is 11.3. The molecule has 0 aliphatic carbocycles. The minimum atomic E-state index is 0.0782. The second kappa shape index (κ2) is 7.40. The van der Waals surface area contributed by atoms with E-state index in [0.29, 0.717) is 25.4 Å². The summed E-state index contributed by atoms with van der Waals surface area (Å²) in [5.41, 5.74) is 7.44. The Morgan fingerprint density at radius 2 is 2.35 bits per heavy atom. The van der Waals surface area contributed by atoms with Crippen molar-refractivity contribution in [3.8, 4) is 0 Å². The number of hydrogen-bond donors (Lipinski definition) is 2. The van der Waals surface area contributed by atoms with E-state index in [4.69, 9.17) is 5.73 Å². The molecule has 0 radical (unpaired) electrons. The Morgan fingerprint density at radius 1 is 1.59 bits per heavy atom. The second-order valence-electron chi connectivity index (χ2n) is 4.68. The number of carbonyl (C=O) groups is 1. The van der Waals surface area contributed by atoms with Crippen LogP contribution in [0.3, 0.4) is 0 Å². The van der Waals surface area contributed by atoms with Gasteiger partial charge in [-0.1, -0.05) is 13.8 Å². The minimum Gasteiger partial charge on any atom is -0.351 e. The summed E-state index contributed by atoms with van der Waals surface area (Å²) < 4.78 is 0. The standard InChI is InChI=1S/C12H21N3OS/c1-9(2)3-10(5-13)4-12(16)15-7-11-6-14-8-17-11/h6,8-10H,3-5,7,13H2,1-2H3,(H,15,16). The van der Waals surface area contributed by atoms with Crippen molar-refractivity contribution in [2.24, 2.45) is 17.6 Å². The van der Waals surface area contributed by atoms with Crippen LogP contribution in [0.4, 0.5) is 0 Å². The van der Waals surface area contributed by atoms with Crippen molar-refractivity contribution in [1.82, 2.24) is 10.3 Å². The maximum Gasteiger partial charge on any atom is 0.220 e. The first-order valence-corrected chi connectivity index (χ1v) is 6.84. The van der Waals surface area contributed by atoms with Gasteiger partial charge in [0.15, 0.2) is 0 Å². The van der Waals surface area contributed by atoms with Crippen molar-refractivity contribution in [2.45, 2.75) is 33.2 Å². The highest BCUT2D eigenvalue weighted by Crippen LogP contribution is 2.14. The fraction of sp³-hybridized carbons (Fsp3) is 0.667. The molecule has 96 valence electrons. The van der Waals surface area contributed by atoms with Gasteiger partial charge in [-0.15, -0.1) is 11.3 Å². The lowest BCUT2D eigenvalue weighted by molar-refractivity contribution is -0.122. The molecule has 1 unspecified atom stereocenters. The average molecular weight is 255 g/mol. The summed E-state index contributed by atoms with van der Waals surface area (Å²) in [6.07, 6.45) is 3.30. The van der Waals surface area contributed by atoms with Crippen LogP contribution in [0, 0.1) is 11.8 Å². The van der Waals surface area contributed by atoms with Gasteiger partial charge in [-0.2, -0.15) is 0 Å². The number of rotatable bonds is 7. The summed E-state index contributed by atoms with van der Waals surface area (Å²) in [5.74, 6) is 0.948. The molecule has 5 heteroatoms. The molecule has 0 aliphatic rings. The molecule has 1 aromatic rings. The number of nitrogens with zero attached hydrogens (tertiary/aromatic N) is 1. The summed E-state index contributed by atoms with van der Waals surface area (Å²) in [4.78, 5) is 16.7. The monoisotopic (exact) mass is 255 g/mol. The summed E-state index contributed by atoms with van der Waals surface area (Å²) in [5, 5.41) is 2.90. The van der Waals surface area contributed by atoms with Gasteiger partial charge in [0.05, 0.1) is 12.1 Å². The van der Waals surface area contributed by atoms with Crippen LogP contribution in [0.5, 0.6) is 0 Å². The molecule has 3 N–H and O–H groups in total. The highest BCUT2D eigenvalue weighted by Gasteiger charge is 2.13. The molecule has 17 heavy (non-hydrogen) atoms. The van der Waals surface area contributed by atoms with E-state index in [1.54, 1.807) is 23.0 Å². The van der Waals surface area contributed by atoms with Gasteiger partial charge in [0.1, 0.15) is 0 Å². The van der Waals surface area contributed by atoms with E-state index in [-0.39, 0.29) is 11.8 Å². The van der Waals surface area contributed by atoms with E-state index >= 15 is 0 Å². The van der Waals surface area contributed by atoms with E-state index < -0.39 is 0 Å². The molecule has 1 rings (SSSR count). The molecule has 1 heterocycles. The zero-order valence-electron chi connectivity index (χ0n) is 10.5. The zero-order chi connectivity index (χ0) is 12.7. The number of amides is 1. The fourth-order valence-electron chi connectivity index (χ4n) is 1.78. The van der Waals surface area contributed by atoms with Crippen LogP contribution in [-0.4, -0.2) is 17.4 Å². The lowest BCUT2D eigenvalue weighted by atomic mass is 9.94. The molecule has 0 saturated heterocycles. The maximum absolute atomic E-state index is 11.7. The third kappa shape index (κ3) is 5.79. The molecule has 4 nitrogen and oxygen atoms in total. The predicted molar refractivity (Wildman–Crippen MR) is 70.6 cm³/mol. The number of aromatic nitrogens is 1. The Morgan fingerprint density at radius 3 is 2.88 bits per heavy atom. The molecule has 0 saturated carbocycles. The van der Waals surface area contributed by atoms with Gasteiger partial charge in [0.2, 0.25) is 5.91 Å². The van der Waals surface area contributed by atoms with Gasteiger partial charge in [-0.25, -0.2) is 0 Å². The third-order valence-electron chi connectivity index (χ3n) is 2.56. The molecule has 0 aliphatic heterocycles. The van der Waals surface area contributed by atoms with Crippen molar-refractivity contribution in [2.75, 3.05) is 6.54 Å². The largest absolute Gasteiger partial charge is 0.351 e. The molecular weight excluding hydrogens is 234 g/mol. The van der Waals surface area contributed by atoms with Crippen LogP contribution >= 0.6 is 11.3 Å². The van der Waals surface area contributed by atoms with Crippen LogP contribution in [-0.2, 0) is 11.3 Å². The van der Waals surface area contributed by atoms with Crippen LogP contribution in [0.25, 0.3) is 0 Å². The van der Waals surface area contributed by atoms with E-state index in [1.807, 2.05) is 0 Å². The first-order chi connectivity index (χ1) is 8.11. The molecule has 1 atom stereocenters. The fourth-order valence-corrected chi connectivity index (χ4v) is 2.31. The number of hydrogen-bond acceptors (Lipinski definition) is 4. The SMILES string of the molecule is CC(C)CC(CN)CC(=O)NCc1cncs1. The van der Waals surface area contributed by atoms with Crippen molar-refractivity contribution < 1.29 is 4.79 Å². The van der Waals surface area contributed by atoms with Crippen LogP contribution in [0.2, 0.25) is 0 Å². The Kier molecular flexibility index (Phi) is 6.15. The molecule has 1 aromatic heterocycles. The van der Waals surface area contributed by atoms with E-state index in [1.165, 1.54) is 0 Å². The Labute approximate surface area is 107 Å². The molecule has 0 aromatic carbocycles. The quantitative estimate of drug-likeness (QED) is 0.780. The first kappa shape index (κ1) is 14.1.